The van der Waals surface area contributed by atoms with Gasteiger partial charge < -0.3 is 29.0 Å². The fourth-order valence-corrected chi connectivity index (χ4v) is 4.91. The molecule has 2 fully saturated rings. The number of ether oxygens (including phenoxy) is 5. The van der Waals surface area contributed by atoms with Crippen molar-refractivity contribution in [3.63, 3.8) is 0 Å². The van der Waals surface area contributed by atoms with E-state index < -0.39 is 90.0 Å². The first-order valence-electron chi connectivity index (χ1n) is 13.7. The van der Waals surface area contributed by atoms with Gasteiger partial charge in [0.2, 0.25) is 5.91 Å². The zero-order valence-electron chi connectivity index (χ0n) is 25.2. The summed E-state index contributed by atoms with van der Waals surface area (Å²) in [6.07, 6.45) is -4.25. The van der Waals surface area contributed by atoms with Crippen LogP contribution in [-0.2, 0) is 42.9 Å². The van der Waals surface area contributed by atoms with Crippen LogP contribution in [0.3, 0.4) is 0 Å². The molecule has 0 aromatic carbocycles. The van der Waals surface area contributed by atoms with Crippen LogP contribution in [0.25, 0.3) is 0 Å². The molecule has 6 unspecified atom stereocenters. The van der Waals surface area contributed by atoms with Gasteiger partial charge in [0, 0.05) is 39.1 Å². The molecule has 0 spiro atoms. The smallest absolute Gasteiger partial charge is 0.410 e. The van der Waals surface area contributed by atoms with Crippen molar-refractivity contribution in [1.29, 1.82) is 0 Å². The molecule has 2 aliphatic rings. The lowest BCUT2D eigenvalue weighted by Crippen LogP contribution is -2.56. The molecule has 43 heavy (non-hydrogen) atoms. The van der Waals surface area contributed by atoms with Crippen LogP contribution in [0.15, 0.2) is 15.8 Å². The zero-order valence-corrected chi connectivity index (χ0v) is 25.2. The summed E-state index contributed by atoms with van der Waals surface area (Å²) in [6, 6.07) is -2.16. The van der Waals surface area contributed by atoms with Crippen molar-refractivity contribution < 1.29 is 47.7 Å². The molecular weight excluding hydrogens is 572 g/mol. The van der Waals surface area contributed by atoms with Crippen molar-refractivity contribution in [3.8, 4) is 0 Å². The van der Waals surface area contributed by atoms with E-state index in [9.17, 15) is 33.6 Å². The predicted molar refractivity (Wildman–Crippen MR) is 146 cm³/mol. The first-order chi connectivity index (χ1) is 20.0. The Labute approximate surface area is 246 Å². The number of esters is 3. The number of aromatic amines is 1. The topological polar surface area (TPSA) is 202 Å². The molecule has 2 aliphatic heterocycles. The number of carbonyl (C=O) groups excluding carboxylic acids is 5. The molecule has 2 amide bonds. The molecule has 0 radical (unpaired) electrons. The van der Waals surface area contributed by atoms with E-state index in [1.54, 1.807) is 20.8 Å². The molecule has 1 aromatic heterocycles. The van der Waals surface area contributed by atoms with Gasteiger partial charge in [0.25, 0.3) is 5.56 Å². The van der Waals surface area contributed by atoms with E-state index in [-0.39, 0.29) is 12.1 Å². The number of nitrogens with one attached hydrogen (secondary N) is 2. The Balaban J connectivity index is 2.01. The lowest BCUT2D eigenvalue weighted by atomic mass is 10.0. The summed E-state index contributed by atoms with van der Waals surface area (Å²) >= 11 is 0. The number of aromatic nitrogens is 2. The van der Waals surface area contributed by atoms with Gasteiger partial charge in [0.1, 0.15) is 24.4 Å². The minimum absolute atomic E-state index is 0.130. The van der Waals surface area contributed by atoms with Crippen LogP contribution in [0.5, 0.6) is 0 Å². The number of aryl methyl sites for hydroxylation is 1. The highest BCUT2D eigenvalue weighted by atomic mass is 16.6. The standard InChI is InChI=1S/C27H38N4O12/c1-13-11-31(25(37)29-22(13)35)24-21(41-16(4)34)20(40-15(3)33)19(42-24)17(12-39-14(2)32)28-23(36)18-9-8-10-30(18)26(38)43-27(5,6)7/h11,17-21,24H,8-10,12H2,1-7H3,(H,28,36)(H,29,35,37). The first-order valence-corrected chi connectivity index (χ1v) is 13.7. The van der Waals surface area contributed by atoms with Crippen LogP contribution < -0.4 is 16.6 Å². The maximum absolute atomic E-state index is 13.6. The summed E-state index contributed by atoms with van der Waals surface area (Å²) in [5.41, 5.74) is -2.22. The average molecular weight is 611 g/mol. The molecule has 16 heteroatoms. The molecule has 3 rings (SSSR count). The number of hydrogen-bond acceptors (Lipinski definition) is 12. The Bertz CT molecular complexity index is 1360. The highest BCUT2D eigenvalue weighted by Gasteiger charge is 2.54. The Hall–Kier alpha value is -4.21. The predicted octanol–water partition coefficient (Wildman–Crippen LogP) is 0.0532. The molecule has 238 valence electrons. The minimum atomic E-state index is -1.43. The highest BCUT2D eigenvalue weighted by molar-refractivity contribution is 5.86. The zero-order chi connectivity index (χ0) is 32.2. The second-order valence-corrected chi connectivity index (χ2v) is 11.4. The summed E-state index contributed by atoms with van der Waals surface area (Å²) in [5.74, 6) is -2.93. The Morgan fingerprint density at radius 1 is 1.05 bits per heavy atom. The normalized spacial score (nSPS) is 24.2. The maximum Gasteiger partial charge on any atom is 0.410 e. The number of likely N-dealkylation sites (tertiary alicyclic amines) is 1. The molecule has 0 aliphatic carbocycles. The first kappa shape index (κ1) is 33.3. The molecule has 1 aromatic rings. The van der Waals surface area contributed by atoms with E-state index in [0.717, 1.165) is 25.3 Å². The van der Waals surface area contributed by atoms with E-state index in [1.807, 2.05) is 0 Å². The minimum Gasteiger partial charge on any atom is -0.464 e. The summed E-state index contributed by atoms with van der Waals surface area (Å²) in [7, 11) is 0. The van der Waals surface area contributed by atoms with Gasteiger partial charge in [-0.15, -0.1) is 0 Å². The number of hydrogen-bond donors (Lipinski definition) is 2. The summed E-state index contributed by atoms with van der Waals surface area (Å²) in [4.78, 5) is 90.6. The monoisotopic (exact) mass is 610 g/mol. The summed E-state index contributed by atoms with van der Waals surface area (Å²) in [5, 5.41) is 2.72. The molecule has 0 saturated carbocycles. The van der Waals surface area contributed by atoms with Gasteiger partial charge in [-0.1, -0.05) is 0 Å². The largest absolute Gasteiger partial charge is 0.464 e. The number of carbonyl (C=O) groups is 5. The second kappa shape index (κ2) is 13.4. The van der Waals surface area contributed by atoms with Crippen molar-refractivity contribution in [1.82, 2.24) is 19.8 Å². The summed E-state index contributed by atoms with van der Waals surface area (Å²) < 4.78 is 28.6. The Morgan fingerprint density at radius 2 is 1.67 bits per heavy atom. The van der Waals surface area contributed by atoms with E-state index in [0.29, 0.717) is 12.8 Å². The second-order valence-electron chi connectivity index (χ2n) is 11.4. The summed E-state index contributed by atoms with van der Waals surface area (Å²) in [6.45, 7) is 9.67. The lowest BCUT2D eigenvalue weighted by molar-refractivity contribution is -0.166. The van der Waals surface area contributed by atoms with Gasteiger partial charge in [-0.2, -0.15) is 0 Å². The SMILES string of the molecule is CC(=O)OCC(NC(=O)C1CCCN1C(=O)OC(C)(C)C)C1OC(n2cc(C)c(=O)[nH]c2=O)C(OC(C)=O)C1OC(C)=O. The number of amides is 2. The third-order valence-electron chi connectivity index (χ3n) is 6.62. The van der Waals surface area contributed by atoms with Gasteiger partial charge in [-0.25, -0.2) is 9.59 Å². The van der Waals surface area contributed by atoms with Crippen LogP contribution in [0.4, 0.5) is 4.79 Å². The average Bonchev–Trinajstić information content (AvgIpc) is 3.48. The van der Waals surface area contributed by atoms with Crippen molar-refractivity contribution in [3.05, 3.63) is 32.6 Å². The van der Waals surface area contributed by atoms with Gasteiger partial charge in [0.15, 0.2) is 18.4 Å². The van der Waals surface area contributed by atoms with Gasteiger partial charge >= 0.3 is 29.7 Å². The molecule has 3 heterocycles. The fraction of sp³-hybridized carbons (Fsp3) is 0.667. The third-order valence-corrected chi connectivity index (χ3v) is 6.62. The lowest BCUT2D eigenvalue weighted by Gasteiger charge is -2.31. The van der Waals surface area contributed by atoms with Crippen LogP contribution in [0.1, 0.15) is 66.2 Å². The van der Waals surface area contributed by atoms with Crippen molar-refractivity contribution in [2.75, 3.05) is 13.2 Å². The number of H-pyrrole nitrogens is 1. The molecule has 16 nitrogen and oxygen atoms in total. The molecule has 2 N–H and O–H groups in total. The third kappa shape index (κ3) is 8.43. The van der Waals surface area contributed by atoms with Crippen LogP contribution >= 0.6 is 0 Å². The molecular formula is C27H38N4O12. The van der Waals surface area contributed by atoms with Crippen LogP contribution in [0.2, 0.25) is 0 Å². The van der Waals surface area contributed by atoms with Crippen molar-refractivity contribution in [2.24, 2.45) is 0 Å². The highest BCUT2D eigenvalue weighted by Crippen LogP contribution is 2.35. The van der Waals surface area contributed by atoms with Crippen LogP contribution in [-0.4, -0.2) is 93.5 Å². The van der Waals surface area contributed by atoms with E-state index >= 15 is 0 Å². The fourth-order valence-electron chi connectivity index (χ4n) is 4.91. The number of nitrogens with zero attached hydrogens (tertiary/aromatic N) is 2. The molecule has 6 atom stereocenters. The van der Waals surface area contributed by atoms with Crippen molar-refractivity contribution >= 4 is 29.9 Å². The maximum atomic E-state index is 13.6. The van der Waals surface area contributed by atoms with Crippen LogP contribution in [0, 0.1) is 6.92 Å². The Kier molecular flexibility index (Phi) is 10.4. The van der Waals surface area contributed by atoms with Gasteiger partial charge in [-0.05, 0) is 40.5 Å². The van der Waals surface area contributed by atoms with E-state index in [2.05, 4.69) is 10.3 Å². The van der Waals surface area contributed by atoms with E-state index in [4.69, 9.17) is 23.7 Å². The van der Waals surface area contributed by atoms with E-state index in [1.165, 1.54) is 18.0 Å². The van der Waals surface area contributed by atoms with Crippen molar-refractivity contribution in [2.45, 2.75) is 104 Å². The number of rotatable bonds is 8. The Morgan fingerprint density at radius 3 is 2.26 bits per heavy atom. The molecule has 0 bridgehead atoms. The quantitative estimate of drug-likeness (QED) is 0.296. The van der Waals surface area contributed by atoms with Gasteiger partial charge in [-0.3, -0.25) is 38.4 Å². The van der Waals surface area contributed by atoms with Gasteiger partial charge in [0.05, 0.1) is 6.04 Å². The molecule has 2 saturated heterocycles.